The Bertz CT molecular complexity index is 868. The summed E-state index contributed by atoms with van der Waals surface area (Å²) < 4.78 is 32.5. The summed E-state index contributed by atoms with van der Waals surface area (Å²) in [5.74, 6) is 1.23. The molecular weight excluding hydrogens is 376 g/mol. The number of nitrogens with zero attached hydrogens (tertiary/aromatic N) is 2. The van der Waals surface area contributed by atoms with Crippen molar-refractivity contribution in [1.82, 2.24) is 9.21 Å². The zero-order valence-electron chi connectivity index (χ0n) is 16.5. The molecule has 2 aromatic rings. The number of sulfonamides is 1. The first kappa shape index (κ1) is 20.6. The van der Waals surface area contributed by atoms with E-state index >= 15 is 0 Å². The Morgan fingerprint density at radius 3 is 2.36 bits per heavy atom. The number of aryl methyl sites for hydroxylation is 1. The van der Waals surface area contributed by atoms with E-state index in [4.69, 9.17) is 4.42 Å². The predicted molar refractivity (Wildman–Crippen MR) is 108 cm³/mol. The van der Waals surface area contributed by atoms with Gasteiger partial charge in [-0.05, 0) is 42.2 Å². The summed E-state index contributed by atoms with van der Waals surface area (Å²) in [5.41, 5.74) is 1.15. The first-order chi connectivity index (χ1) is 13.4. The number of carbonyl (C=O) groups is 1. The molecule has 1 aliphatic rings. The first-order valence-electron chi connectivity index (χ1n) is 9.82. The Labute approximate surface area is 167 Å². The quantitative estimate of drug-likeness (QED) is 0.710. The molecule has 3 rings (SSSR count). The van der Waals surface area contributed by atoms with E-state index in [9.17, 15) is 13.2 Å². The van der Waals surface area contributed by atoms with Gasteiger partial charge in [-0.25, -0.2) is 8.42 Å². The lowest BCUT2D eigenvalue weighted by molar-refractivity contribution is -0.132. The molecule has 0 radical (unpaired) electrons. The summed E-state index contributed by atoms with van der Waals surface area (Å²) in [6.45, 7) is 5.72. The van der Waals surface area contributed by atoms with Crippen LogP contribution in [0.15, 0.2) is 52.0 Å². The summed E-state index contributed by atoms with van der Waals surface area (Å²) in [7, 11) is -3.53. The number of amides is 1. The van der Waals surface area contributed by atoms with Crippen LogP contribution in [0.1, 0.15) is 43.9 Å². The summed E-state index contributed by atoms with van der Waals surface area (Å²) >= 11 is 0. The van der Waals surface area contributed by atoms with Gasteiger partial charge in [0.05, 0.1) is 11.2 Å². The second-order valence-electron chi connectivity index (χ2n) is 7.24. The second-order valence-corrected chi connectivity index (χ2v) is 9.18. The van der Waals surface area contributed by atoms with Gasteiger partial charge in [0.15, 0.2) is 0 Å². The highest BCUT2D eigenvalue weighted by molar-refractivity contribution is 7.89. The van der Waals surface area contributed by atoms with E-state index < -0.39 is 10.0 Å². The van der Waals surface area contributed by atoms with Crippen molar-refractivity contribution in [2.45, 2.75) is 43.9 Å². The van der Waals surface area contributed by atoms with Gasteiger partial charge >= 0.3 is 0 Å². The molecule has 0 spiro atoms. The Morgan fingerprint density at radius 2 is 1.79 bits per heavy atom. The molecule has 0 aliphatic carbocycles. The van der Waals surface area contributed by atoms with Crippen LogP contribution >= 0.6 is 0 Å². The normalized spacial score (nSPS) is 16.9. The third kappa shape index (κ3) is 4.64. The van der Waals surface area contributed by atoms with Crippen LogP contribution in [-0.4, -0.2) is 49.7 Å². The van der Waals surface area contributed by atoms with Gasteiger partial charge < -0.3 is 9.32 Å². The van der Waals surface area contributed by atoms with E-state index in [1.54, 1.807) is 29.4 Å². The molecule has 7 heteroatoms. The molecule has 1 aromatic carbocycles. The molecule has 0 saturated carbocycles. The first-order valence-corrected chi connectivity index (χ1v) is 11.3. The fraction of sp³-hybridized carbons (Fsp3) is 0.476. The van der Waals surface area contributed by atoms with Crippen LogP contribution in [0.5, 0.6) is 0 Å². The fourth-order valence-electron chi connectivity index (χ4n) is 3.37. The van der Waals surface area contributed by atoms with Gasteiger partial charge in [-0.3, -0.25) is 4.79 Å². The molecule has 28 heavy (non-hydrogen) atoms. The number of furan rings is 1. The van der Waals surface area contributed by atoms with Crippen LogP contribution in [0.2, 0.25) is 0 Å². The van der Waals surface area contributed by atoms with Crippen LogP contribution in [0.3, 0.4) is 0 Å². The van der Waals surface area contributed by atoms with Crippen molar-refractivity contribution < 1.29 is 17.6 Å². The van der Waals surface area contributed by atoms with Crippen LogP contribution in [0, 0.1) is 0 Å². The number of rotatable bonds is 7. The Balaban J connectivity index is 1.56. The van der Waals surface area contributed by atoms with Gasteiger partial charge in [-0.2, -0.15) is 4.31 Å². The highest BCUT2D eigenvalue weighted by Gasteiger charge is 2.30. The number of piperazine rings is 1. The van der Waals surface area contributed by atoms with E-state index in [0.717, 1.165) is 17.7 Å². The van der Waals surface area contributed by atoms with Gasteiger partial charge in [0.2, 0.25) is 15.9 Å². The molecular formula is C21H28N2O4S. The number of carbonyl (C=O) groups excluding carboxylic acids is 1. The molecule has 1 aliphatic heterocycles. The van der Waals surface area contributed by atoms with Crippen LogP contribution in [0.25, 0.3) is 0 Å². The maximum Gasteiger partial charge on any atom is 0.243 e. The molecule has 6 nitrogen and oxygen atoms in total. The van der Waals surface area contributed by atoms with Crippen molar-refractivity contribution >= 4 is 15.9 Å². The average molecular weight is 405 g/mol. The zero-order chi connectivity index (χ0) is 20.1. The molecule has 2 heterocycles. The van der Waals surface area contributed by atoms with E-state index in [0.29, 0.717) is 49.8 Å². The van der Waals surface area contributed by atoms with E-state index in [-0.39, 0.29) is 5.91 Å². The Morgan fingerprint density at radius 1 is 1.11 bits per heavy atom. The minimum Gasteiger partial charge on any atom is -0.469 e. The molecule has 0 bridgehead atoms. The van der Waals surface area contributed by atoms with E-state index in [1.807, 2.05) is 18.2 Å². The average Bonchev–Trinajstić information content (AvgIpc) is 3.25. The Hall–Kier alpha value is -2.12. The van der Waals surface area contributed by atoms with Gasteiger partial charge in [-0.15, -0.1) is 0 Å². The molecule has 1 aromatic heterocycles. The summed E-state index contributed by atoms with van der Waals surface area (Å²) in [6, 6.07) is 10.8. The van der Waals surface area contributed by atoms with Crippen molar-refractivity contribution in [1.29, 1.82) is 0 Å². The Kier molecular flexibility index (Phi) is 6.57. The number of hydrogen-bond acceptors (Lipinski definition) is 4. The number of benzene rings is 1. The van der Waals surface area contributed by atoms with E-state index in [1.165, 1.54) is 4.31 Å². The molecule has 1 amide bonds. The van der Waals surface area contributed by atoms with Gasteiger partial charge in [-0.1, -0.05) is 26.0 Å². The standard InChI is InChI=1S/C21H28N2O4S/c1-3-17(2)18-6-9-20(10-7-18)28(25,26)23-14-12-22(13-15-23)21(24)11-8-19-5-4-16-27-19/h4-7,9-10,16-17H,3,8,11-15H2,1-2H3. The van der Waals surface area contributed by atoms with Crippen molar-refractivity contribution in [3.8, 4) is 0 Å². The third-order valence-corrected chi connectivity index (χ3v) is 7.37. The topological polar surface area (TPSA) is 70.8 Å². The van der Waals surface area contributed by atoms with Gasteiger partial charge in [0.1, 0.15) is 5.76 Å². The fourth-order valence-corrected chi connectivity index (χ4v) is 4.80. The minimum absolute atomic E-state index is 0.0337. The molecule has 1 saturated heterocycles. The number of hydrogen-bond donors (Lipinski definition) is 0. The summed E-state index contributed by atoms with van der Waals surface area (Å²) in [4.78, 5) is 14.4. The smallest absolute Gasteiger partial charge is 0.243 e. The lowest BCUT2D eigenvalue weighted by Gasteiger charge is -2.34. The van der Waals surface area contributed by atoms with Crippen molar-refractivity contribution in [2.24, 2.45) is 0 Å². The lowest BCUT2D eigenvalue weighted by Crippen LogP contribution is -2.50. The van der Waals surface area contributed by atoms with Gasteiger partial charge in [0.25, 0.3) is 0 Å². The highest BCUT2D eigenvalue weighted by Crippen LogP contribution is 2.23. The minimum atomic E-state index is -3.53. The van der Waals surface area contributed by atoms with Crippen molar-refractivity contribution in [3.05, 3.63) is 54.0 Å². The summed E-state index contributed by atoms with van der Waals surface area (Å²) in [5, 5.41) is 0. The predicted octanol–water partition coefficient (Wildman–Crippen LogP) is 3.26. The second kappa shape index (κ2) is 8.92. The van der Waals surface area contributed by atoms with Crippen LogP contribution in [-0.2, 0) is 21.2 Å². The molecule has 152 valence electrons. The maximum atomic E-state index is 12.9. The molecule has 1 unspecified atom stereocenters. The molecule has 1 fully saturated rings. The molecule has 0 N–H and O–H groups in total. The monoisotopic (exact) mass is 404 g/mol. The largest absolute Gasteiger partial charge is 0.469 e. The van der Waals surface area contributed by atoms with Crippen molar-refractivity contribution in [3.63, 3.8) is 0 Å². The van der Waals surface area contributed by atoms with Gasteiger partial charge in [0, 0.05) is 39.0 Å². The lowest BCUT2D eigenvalue weighted by atomic mass is 9.99. The van der Waals surface area contributed by atoms with E-state index in [2.05, 4.69) is 13.8 Å². The highest BCUT2D eigenvalue weighted by atomic mass is 32.2. The summed E-state index contributed by atoms with van der Waals surface area (Å²) in [6.07, 6.45) is 3.55. The zero-order valence-corrected chi connectivity index (χ0v) is 17.3. The van der Waals surface area contributed by atoms with Crippen molar-refractivity contribution in [2.75, 3.05) is 26.2 Å². The third-order valence-electron chi connectivity index (χ3n) is 5.46. The van der Waals surface area contributed by atoms with Crippen LogP contribution in [0.4, 0.5) is 0 Å². The van der Waals surface area contributed by atoms with Crippen LogP contribution < -0.4 is 0 Å². The molecule has 1 atom stereocenters. The SMILES string of the molecule is CCC(C)c1ccc(S(=O)(=O)N2CCN(C(=O)CCc3ccco3)CC2)cc1. The maximum absolute atomic E-state index is 12.9.